The summed E-state index contributed by atoms with van der Waals surface area (Å²) in [7, 11) is 1.60. The highest BCUT2D eigenvalue weighted by atomic mass is 35.5. The Balaban J connectivity index is 1.79. The third kappa shape index (κ3) is 2.59. The predicted molar refractivity (Wildman–Crippen MR) is 96.6 cm³/mol. The van der Waals surface area contributed by atoms with Gasteiger partial charge in [0.2, 0.25) is 0 Å². The first kappa shape index (κ1) is 16.1. The average molecular weight is 359 g/mol. The van der Waals surface area contributed by atoms with Gasteiger partial charge >= 0.3 is 0 Å². The van der Waals surface area contributed by atoms with Crippen LogP contribution >= 0.6 is 11.6 Å². The summed E-state index contributed by atoms with van der Waals surface area (Å²) >= 11 is 6.19. The molecule has 0 aromatic heterocycles. The number of nitrogens with zero attached hydrogens (tertiary/aromatic N) is 2. The van der Waals surface area contributed by atoms with Crippen molar-refractivity contribution in [3.63, 3.8) is 0 Å². The summed E-state index contributed by atoms with van der Waals surface area (Å²) in [5, 5.41) is 17.7. The van der Waals surface area contributed by atoms with Gasteiger partial charge in [-0.25, -0.2) is 5.01 Å². The molecule has 0 amide bonds. The molecule has 1 N–H and O–H groups in total. The molecule has 0 aliphatic carbocycles. The topological polar surface area (TPSA) is 54.3 Å². The van der Waals surface area contributed by atoms with E-state index in [0.29, 0.717) is 22.8 Å². The lowest BCUT2D eigenvalue weighted by molar-refractivity contribution is -0.0911. The molecule has 1 atom stereocenters. The van der Waals surface area contributed by atoms with Gasteiger partial charge in [0.25, 0.3) is 0 Å². The first-order chi connectivity index (χ1) is 11.9. The molecule has 130 valence electrons. The molecule has 0 spiro atoms. The largest absolute Gasteiger partial charge is 0.507 e. The van der Waals surface area contributed by atoms with Crippen LogP contribution in [0, 0.1) is 0 Å². The number of hydrogen-bond acceptors (Lipinski definition) is 5. The number of phenols is 1. The van der Waals surface area contributed by atoms with Crippen molar-refractivity contribution in [1.29, 1.82) is 0 Å². The highest BCUT2D eigenvalue weighted by molar-refractivity contribution is 6.30. The maximum absolute atomic E-state index is 10.3. The zero-order valence-corrected chi connectivity index (χ0v) is 15.0. The maximum atomic E-state index is 10.3. The normalized spacial score (nSPS) is 20.4. The molecule has 2 aliphatic heterocycles. The van der Waals surface area contributed by atoms with Gasteiger partial charge in [0.05, 0.1) is 18.9 Å². The van der Waals surface area contributed by atoms with Crippen molar-refractivity contribution in [2.45, 2.75) is 32.0 Å². The number of benzene rings is 2. The van der Waals surface area contributed by atoms with E-state index in [1.807, 2.05) is 37.1 Å². The van der Waals surface area contributed by atoms with Gasteiger partial charge in [0.15, 0.2) is 5.72 Å². The second-order valence-corrected chi connectivity index (χ2v) is 7.16. The van der Waals surface area contributed by atoms with Crippen molar-refractivity contribution in [3.8, 4) is 17.2 Å². The number of ether oxygens (including phenoxy) is 2. The molecular weight excluding hydrogens is 340 g/mol. The Morgan fingerprint density at radius 1 is 1.28 bits per heavy atom. The third-order valence-corrected chi connectivity index (χ3v) is 4.90. The van der Waals surface area contributed by atoms with Crippen LogP contribution in [-0.2, 0) is 0 Å². The van der Waals surface area contributed by atoms with Crippen LogP contribution in [-0.4, -0.2) is 28.7 Å². The molecule has 5 nitrogen and oxygen atoms in total. The Morgan fingerprint density at radius 3 is 2.84 bits per heavy atom. The number of hydrazone groups is 1. The number of phenolic OH excluding ortho intramolecular Hbond substituents is 1. The number of methoxy groups -OCH3 is 1. The summed E-state index contributed by atoms with van der Waals surface area (Å²) in [6, 6.07) is 10.8. The van der Waals surface area contributed by atoms with E-state index in [4.69, 9.17) is 26.2 Å². The number of aromatic hydroxyl groups is 1. The molecule has 0 saturated heterocycles. The first-order valence-corrected chi connectivity index (χ1v) is 8.49. The van der Waals surface area contributed by atoms with Gasteiger partial charge in [-0.1, -0.05) is 11.6 Å². The molecule has 0 saturated carbocycles. The second-order valence-electron chi connectivity index (χ2n) is 6.73. The van der Waals surface area contributed by atoms with E-state index in [0.717, 1.165) is 17.0 Å². The lowest BCUT2D eigenvalue weighted by atomic mass is 9.95. The van der Waals surface area contributed by atoms with Crippen LogP contribution in [0.2, 0.25) is 5.02 Å². The molecule has 4 rings (SSSR count). The summed E-state index contributed by atoms with van der Waals surface area (Å²) in [6.07, 6.45) is 0.654. The first-order valence-electron chi connectivity index (χ1n) is 8.12. The van der Waals surface area contributed by atoms with Gasteiger partial charge in [-0.2, -0.15) is 5.10 Å². The molecule has 0 bridgehead atoms. The SMILES string of the molecule is COc1ccc(O)c(C2=NN3C(C2)c2cc(Cl)ccc2OC3(C)C)c1. The molecule has 2 aromatic rings. The number of hydrogen-bond donors (Lipinski definition) is 1. The molecule has 6 heteroatoms. The highest BCUT2D eigenvalue weighted by Crippen LogP contribution is 2.47. The van der Waals surface area contributed by atoms with Crippen LogP contribution in [0.4, 0.5) is 0 Å². The Morgan fingerprint density at radius 2 is 2.08 bits per heavy atom. The molecule has 2 aliphatic rings. The van der Waals surface area contributed by atoms with Crippen molar-refractivity contribution < 1.29 is 14.6 Å². The Hall–Kier alpha value is -2.40. The average Bonchev–Trinajstić information content (AvgIpc) is 3.02. The van der Waals surface area contributed by atoms with Crippen LogP contribution in [0.15, 0.2) is 41.5 Å². The van der Waals surface area contributed by atoms with Crippen molar-refractivity contribution in [1.82, 2.24) is 5.01 Å². The van der Waals surface area contributed by atoms with E-state index in [1.165, 1.54) is 0 Å². The number of fused-ring (bicyclic) bond motifs is 3. The lowest BCUT2D eigenvalue weighted by Gasteiger charge is -2.43. The van der Waals surface area contributed by atoms with E-state index in [1.54, 1.807) is 25.3 Å². The van der Waals surface area contributed by atoms with Crippen LogP contribution in [0.3, 0.4) is 0 Å². The Labute approximate surface area is 151 Å². The van der Waals surface area contributed by atoms with E-state index in [-0.39, 0.29) is 11.8 Å². The highest BCUT2D eigenvalue weighted by Gasteiger charge is 2.45. The van der Waals surface area contributed by atoms with Crippen LogP contribution in [0.1, 0.15) is 37.4 Å². The summed E-state index contributed by atoms with van der Waals surface area (Å²) in [5.41, 5.74) is 1.88. The van der Waals surface area contributed by atoms with Gasteiger partial charge in [-0.15, -0.1) is 0 Å². The zero-order chi connectivity index (χ0) is 17.8. The van der Waals surface area contributed by atoms with Crippen molar-refractivity contribution in [2.75, 3.05) is 7.11 Å². The summed E-state index contributed by atoms with van der Waals surface area (Å²) < 4.78 is 11.4. The molecule has 25 heavy (non-hydrogen) atoms. The van der Waals surface area contributed by atoms with E-state index in [9.17, 15) is 5.11 Å². The Bertz CT molecular complexity index is 879. The predicted octanol–water partition coefficient (Wildman–Crippen LogP) is 4.33. The monoisotopic (exact) mass is 358 g/mol. The zero-order valence-electron chi connectivity index (χ0n) is 14.3. The molecule has 2 heterocycles. The molecule has 2 aromatic carbocycles. The molecule has 0 radical (unpaired) electrons. The van der Waals surface area contributed by atoms with E-state index in [2.05, 4.69) is 0 Å². The fraction of sp³-hybridized carbons (Fsp3) is 0.316. The third-order valence-electron chi connectivity index (χ3n) is 4.67. The molecular formula is C19H19ClN2O3. The summed E-state index contributed by atoms with van der Waals surface area (Å²) in [5.74, 6) is 1.69. The minimum absolute atomic E-state index is 0.0121. The van der Waals surface area contributed by atoms with Gasteiger partial charge in [0, 0.05) is 22.6 Å². The van der Waals surface area contributed by atoms with Gasteiger partial charge in [-0.3, -0.25) is 0 Å². The lowest BCUT2D eigenvalue weighted by Crippen LogP contribution is -2.48. The fourth-order valence-corrected chi connectivity index (χ4v) is 3.65. The van der Waals surface area contributed by atoms with Gasteiger partial charge in [-0.05, 0) is 50.2 Å². The number of halogens is 1. The van der Waals surface area contributed by atoms with Gasteiger partial charge in [0.1, 0.15) is 17.2 Å². The Kier molecular flexibility index (Phi) is 3.58. The van der Waals surface area contributed by atoms with Crippen molar-refractivity contribution in [3.05, 3.63) is 52.5 Å². The minimum atomic E-state index is -0.596. The van der Waals surface area contributed by atoms with Crippen molar-refractivity contribution in [2.24, 2.45) is 5.10 Å². The number of rotatable bonds is 2. The van der Waals surface area contributed by atoms with Gasteiger partial charge < -0.3 is 14.6 Å². The fourth-order valence-electron chi connectivity index (χ4n) is 3.47. The van der Waals surface area contributed by atoms with Crippen LogP contribution < -0.4 is 9.47 Å². The van der Waals surface area contributed by atoms with Crippen molar-refractivity contribution >= 4 is 17.3 Å². The maximum Gasteiger partial charge on any atom is 0.192 e. The van der Waals surface area contributed by atoms with E-state index >= 15 is 0 Å². The summed E-state index contributed by atoms with van der Waals surface area (Å²) in [6.45, 7) is 3.96. The molecule has 0 fully saturated rings. The summed E-state index contributed by atoms with van der Waals surface area (Å²) in [4.78, 5) is 0. The van der Waals surface area contributed by atoms with Crippen LogP contribution in [0.5, 0.6) is 17.2 Å². The molecule has 1 unspecified atom stereocenters. The smallest absolute Gasteiger partial charge is 0.192 e. The van der Waals surface area contributed by atoms with E-state index < -0.39 is 5.72 Å². The minimum Gasteiger partial charge on any atom is -0.507 e. The standard InChI is InChI=1S/C19H19ClN2O3/c1-19(2)22-16(14-8-11(20)4-7-18(14)25-19)10-15(21-22)13-9-12(24-3)5-6-17(13)23/h4-9,16,23H,10H2,1-3H3. The van der Waals surface area contributed by atoms with Crippen LogP contribution in [0.25, 0.3) is 0 Å². The second kappa shape index (κ2) is 5.56. The quantitative estimate of drug-likeness (QED) is 0.868.